The van der Waals surface area contributed by atoms with E-state index in [1.807, 2.05) is 23.9 Å². The minimum atomic E-state index is -0.224. The van der Waals surface area contributed by atoms with Gasteiger partial charge in [-0.05, 0) is 24.1 Å². The van der Waals surface area contributed by atoms with Crippen LogP contribution in [-0.4, -0.2) is 34.1 Å². The molecule has 0 spiro atoms. The minimum Gasteiger partial charge on any atom is -0.508 e. The topological polar surface area (TPSA) is 73.4 Å². The average molecular weight is 323 g/mol. The van der Waals surface area contributed by atoms with Gasteiger partial charge in [0.15, 0.2) is 0 Å². The van der Waals surface area contributed by atoms with E-state index in [2.05, 4.69) is 36.9 Å². The van der Waals surface area contributed by atoms with Crippen LogP contribution < -0.4 is 16.2 Å². The normalized spacial score (nSPS) is 21.8. The summed E-state index contributed by atoms with van der Waals surface area (Å²) in [6.45, 7) is 7.20. The molecular weight excluding hydrogens is 298 g/mol. The van der Waals surface area contributed by atoms with Crippen molar-refractivity contribution in [2.45, 2.75) is 44.0 Å². The van der Waals surface area contributed by atoms with Gasteiger partial charge < -0.3 is 10.4 Å². The number of thioether (sulfide) groups is 1. The molecule has 22 heavy (non-hydrogen) atoms. The highest BCUT2D eigenvalue weighted by molar-refractivity contribution is 8.00. The van der Waals surface area contributed by atoms with Gasteiger partial charge in [-0.1, -0.05) is 32.9 Å². The molecule has 1 aliphatic rings. The van der Waals surface area contributed by atoms with Crippen molar-refractivity contribution in [1.29, 1.82) is 0 Å². The van der Waals surface area contributed by atoms with Gasteiger partial charge in [0.1, 0.15) is 11.8 Å². The van der Waals surface area contributed by atoms with E-state index in [9.17, 15) is 9.90 Å². The van der Waals surface area contributed by atoms with E-state index in [0.717, 1.165) is 11.3 Å². The van der Waals surface area contributed by atoms with Crippen LogP contribution in [0, 0.1) is 0 Å². The predicted octanol–water partition coefficient (Wildman–Crippen LogP) is 1.95. The minimum absolute atomic E-state index is 0.0308. The Labute approximate surface area is 136 Å². The van der Waals surface area contributed by atoms with Crippen molar-refractivity contribution in [2.24, 2.45) is 0 Å². The van der Waals surface area contributed by atoms with Gasteiger partial charge in [-0.25, -0.2) is 10.9 Å². The van der Waals surface area contributed by atoms with Gasteiger partial charge in [0.25, 0.3) is 0 Å². The maximum atomic E-state index is 12.1. The molecule has 6 heteroatoms. The molecular formula is C16H25N3O2S. The van der Waals surface area contributed by atoms with Gasteiger partial charge in [-0.15, -0.1) is 0 Å². The summed E-state index contributed by atoms with van der Waals surface area (Å²) < 4.78 is 0.224. The first-order valence-corrected chi connectivity index (χ1v) is 8.55. The SMILES string of the molecule is CC(C)(C)SCCNC(=O)C1CC(c2ccc(O)cc2)NN1. The summed E-state index contributed by atoms with van der Waals surface area (Å²) in [5, 5.41) is 12.3. The van der Waals surface area contributed by atoms with Crippen molar-refractivity contribution >= 4 is 17.7 Å². The first-order chi connectivity index (χ1) is 10.3. The lowest BCUT2D eigenvalue weighted by atomic mass is 10.0. The van der Waals surface area contributed by atoms with Gasteiger partial charge in [0.2, 0.25) is 5.91 Å². The van der Waals surface area contributed by atoms with Crippen molar-refractivity contribution < 1.29 is 9.90 Å². The molecule has 1 saturated heterocycles. The van der Waals surface area contributed by atoms with Crippen molar-refractivity contribution in [3.05, 3.63) is 29.8 Å². The number of rotatable bonds is 5. The van der Waals surface area contributed by atoms with Crippen LogP contribution in [0.4, 0.5) is 0 Å². The molecule has 4 N–H and O–H groups in total. The predicted molar refractivity (Wildman–Crippen MR) is 90.7 cm³/mol. The Balaban J connectivity index is 1.75. The van der Waals surface area contributed by atoms with E-state index < -0.39 is 0 Å². The summed E-state index contributed by atoms with van der Waals surface area (Å²) in [5.74, 6) is 1.19. The molecule has 122 valence electrons. The van der Waals surface area contributed by atoms with E-state index in [-0.39, 0.29) is 28.5 Å². The second-order valence-corrected chi connectivity index (χ2v) is 8.39. The highest BCUT2D eigenvalue weighted by Crippen LogP contribution is 2.24. The van der Waals surface area contributed by atoms with Crippen LogP contribution in [0.2, 0.25) is 0 Å². The zero-order valence-electron chi connectivity index (χ0n) is 13.3. The number of carbonyl (C=O) groups is 1. The maximum Gasteiger partial charge on any atom is 0.238 e. The number of phenols is 1. The largest absolute Gasteiger partial charge is 0.508 e. The van der Waals surface area contributed by atoms with E-state index in [4.69, 9.17) is 0 Å². The number of carbonyl (C=O) groups excluding carboxylic acids is 1. The fourth-order valence-electron chi connectivity index (χ4n) is 2.31. The molecule has 2 atom stereocenters. The van der Waals surface area contributed by atoms with Crippen molar-refractivity contribution in [2.75, 3.05) is 12.3 Å². The summed E-state index contributed by atoms with van der Waals surface area (Å²) in [4.78, 5) is 12.1. The molecule has 0 radical (unpaired) electrons. The third-order valence-corrected chi connectivity index (χ3v) is 4.73. The summed E-state index contributed by atoms with van der Waals surface area (Å²) in [5.41, 5.74) is 7.24. The number of phenolic OH excluding ortho intramolecular Hbond substituents is 1. The highest BCUT2D eigenvalue weighted by atomic mass is 32.2. The standard InChI is InChI=1S/C16H25N3O2S/c1-16(2,3)22-9-8-17-15(21)14-10-13(18-19-14)11-4-6-12(20)7-5-11/h4-7,13-14,18-20H,8-10H2,1-3H3,(H,17,21). The molecule has 0 aromatic heterocycles. The summed E-state index contributed by atoms with van der Waals surface area (Å²) in [6.07, 6.45) is 0.697. The summed E-state index contributed by atoms with van der Waals surface area (Å²) in [7, 11) is 0. The first kappa shape index (κ1) is 17.1. The molecule has 1 aromatic rings. The monoisotopic (exact) mass is 323 g/mol. The van der Waals surface area contributed by atoms with Crippen LogP contribution in [-0.2, 0) is 4.79 Å². The Morgan fingerprint density at radius 1 is 1.32 bits per heavy atom. The zero-order valence-corrected chi connectivity index (χ0v) is 14.2. The van der Waals surface area contributed by atoms with E-state index >= 15 is 0 Å². The molecule has 1 heterocycles. The van der Waals surface area contributed by atoms with Gasteiger partial charge in [0.05, 0.1) is 0 Å². The number of nitrogens with one attached hydrogen (secondary N) is 3. The van der Waals surface area contributed by atoms with Crippen LogP contribution in [0.5, 0.6) is 5.75 Å². The van der Waals surface area contributed by atoms with Crippen LogP contribution in [0.3, 0.4) is 0 Å². The van der Waals surface area contributed by atoms with Gasteiger partial charge >= 0.3 is 0 Å². The van der Waals surface area contributed by atoms with Crippen LogP contribution in [0.25, 0.3) is 0 Å². The summed E-state index contributed by atoms with van der Waals surface area (Å²) in [6, 6.07) is 6.92. The lowest BCUT2D eigenvalue weighted by Gasteiger charge is -2.18. The lowest BCUT2D eigenvalue weighted by molar-refractivity contribution is -0.122. The zero-order chi connectivity index (χ0) is 16.2. The molecule has 1 amide bonds. The Bertz CT molecular complexity index is 499. The molecule has 5 nitrogen and oxygen atoms in total. The Morgan fingerprint density at radius 2 is 2.00 bits per heavy atom. The number of aromatic hydroxyl groups is 1. The average Bonchev–Trinajstić information content (AvgIpc) is 2.93. The quantitative estimate of drug-likeness (QED) is 0.623. The van der Waals surface area contributed by atoms with Gasteiger partial charge in [-0.3, -0.25) is 4.79 Å². The van der Waals surface area contributed by atoms with Crippen LogP contribution in [0.1, 0.15) is 38.8 Å². The smallest absolute Gasteiger partial charge is 0.238 e. The second-order valence-electron chi connectivity index (χ2n) is 6.47. The van der Waals surface area contributed by atoms with Crippen molar-refractivity contribution in [1.82, 2.24) is 16.2 Å². The molecule has 2 rings (SSSR count). The number of benzene rings is 1. The fraction of sp³-hybridized carbons (Fsp3) is 0.562. The van der Waals surface area contributed by atoms with Gasteiger partial charge in [0, 0.05) is 23.1 Å². The fourth-order valence-corrected chi connectivity index (χ4v) is 3.12. The van der Waals surface area contributed by atoms with Crippen molar-refractivity contribution in [3.8, 4) is 5.75 Å². The molecule has 2 unspecified atom stereocenters. The van der Waals surface area contributed by atoms with Crippen LogP contribution in [0.15, 0.2) is 24.3 Å². The highest BCUT2D eigenvalue weighted by Gasteiger charge is 2.29. The first-order valence-electron chi connectivity index (χ1n) is 7.57. The summed E-state index contributed by atoms with van der Waals surface area (Å²) >= 11 is 1.84. The third-order valence-electron chi connectivity index (χ3n) is 3.45. The molecule has 1 aliphatic heterocycles. The molecule has 1 fully saturated rings. The Hall–Kier alpha value is -1.24. The Morgan fingerprint density at radius 3 is 2.64 bits per heavy atom. The number of hydrogen-bond donors (Lipinski definition) is 4. The molecule has 0 aliphatic carbocycles. The van der Waals surface area contributed by atoms with Gasteiger partial charge in [-0.2, -0.15) is 11.8 Å². The number of amides is 1. The van der Waals surface area contributed by atoms with E-state index in [1.165, 1.54) is 0 Å². The van der Waals surface area contributed by atoms with Crippen LogP contribution >= 0.6 is 11.8 Å². The lowest BCUT2D eigenvalue weighted by Crippen LogP contribution is -2.43. The molecule has 0 bridgehead atoms. The van der Waals surface area contributed by atoms with Crippen molar-refractivity contribution in [3.63, 3.8) is 0 Å². The number of hydrazine groups is 1. The second kappa shape index (κ2) is 7.35. The van der Waals surface area contributed by atoms with E-state index in [0.29, 0.717) is 13.0 Å². The molecule has 0 saturated carbocycles. The van der Waals surface area contributed by atoms with E-state index in [1.54, 1.807) is 12.1 Å². The Kier molecular flexibility index (Phi) is 5.72. The number of hydrogen-bond acceptors (Lipinski definition) is 5. The maximum absolute atomic E-state index is 12.1. The third kappa shape index (κ3) is 5.19. The molecule has 1 aromatic carbocycles.